The van der Waals surface area contributed by atoms with Crippen LogP contribution in [0.2, 0.25) is 0 Å². The number of carbonyl (C=O) groups is 3. The van der Waals surface area contributed by atoms with Gasteiger partial charge in [0.25, 0.3) is 0 Å². The first kappa shape index (κ1) is 21.6. The number of likely N-dealkylation sites (tertiary alicyclic amines) is 1. The minimum atomic E-state index is -0.235. The van der Waals surface area contributed by atoms with Crippen LogP contribution >= 0.6 is 0 Å². The number of anilines is 1. The van der Waals surface area contributed by atoms with Crippen molar-refractivity contribution in [2.45, 2.75) is 52.0 Å². The number of nitrogens with one attached hydrogen (secondary N) is 1. The van der Waals surface area contributed by atoms with Crippen molar-refractivity contribution in [2.75, 3.05) is 24.5 Å². The molecule has 1 unspecified atom stereocenters. The maximum absolute atomic E-state index is 12.5. The van der Waals surface area contributed by atoms with E-state index in [2.05, 4.69) is 41.4 Å². The summed E-state index contributed by atoms with van der Waals surface area (Å²) in [4.78, 5) is 41.2. The van der Waals surface area contributed by atoms with E-state index < -0.39 is 0 Å². The largest absolute Gasteiger partial charge is 0.372 e. The van der Waals surface area contributed by atoms with E-state index in [-0.39, 0.29) is 48.6 Å². The monoisotopic (exact) mass is 423 g/mol. The second kappa shape index (κ2) is 9.25. The minimum absolute atomic E-state index is 0.122. The zero-order valence-electron chi connectivity index (χ0n) is 18.5. The second-order valence-electron chi connectivity index (χ2n) is 9.28. The average molecular weight is 424 g/mol. The van der Waals surface area contributed by atoms with Crippen molar-refractivity contribution in [1.29, 1.82) is 0 Å². The summed E-state index contributed by atoms with van der Waals surface area (Å²) in [6.07, 6.45) is 7.80. The van der Waals surface area contributed by atoms with Gasteiger partial charge >= 0.3 is 0 Å². The van der Waals surface area contributed by atoms with Gasteiger partial charge in [-0.05, 0) is 56.2 Å². The van der Waals surface area contributed by atoms with Crippen molar-refractivity contribution in [3.05, 3.63) is 42.0 Å². The van der Waals surface area contributed by atoms with Gasteiger partial charge in [0.15, 0.2) is 0 Å². The molecule has 4 rings (SSSR count). The standard InChI is InChI=1S/C25H33N3O3/c1-17-11-14-27(15-12-17)20-9-7-19(8-10-20)18(2)26-23(29)13-16-28-24(30)21-5-3-4-6-22(21)25(28)31/h3-4,7-10,17-18,21-22H,5-6,11-16H2,1-2H3,(H,26,29)/t18?,21-,22+. The molecule has 1 aliphatic carbocycles. The summed E-state index contributed by atoms with van der Waals surface area (Å²) in [6.45, 7) is 6.62. The van der Waals surface area contributed by atoms with E-state index in [1.807, 2.05) is 19.1 Å². The summed E-state index contributed by atoms with van der Waals surface area (Å²) >= 11 is 0. The molecule has 0 aromatic heterocycles. The Labute approximate surface area is 184 Å². The van der Waals surface area contributed by atoms with Gasteiger partial charge in [-0.3, -0.25) is 19.3 Å². The Kier molecular flexibility index (Phi) is 6.44. The third-order valence-corrected chi connectivity index (χ3v) is 7.08. The first-order valence-corrected chi connectivity index (χ1v) is 11.6. The van der Waals surface area contributed by atoms with Crippen LogP contribution in [0.3, 0.4) is 0 Å². The lowest BCUT2D eigenvalue weighted by molar-refractivity contribution is -0.140. The predicted molar refractivity (Wildman–Crippen MR) is 120 cm³/mol. The molecular weight excluding hydrogens is 390 g/mol. The topological polar surface area (TPSA) is 69.7 Å². The average Bonchev–Trinajstić information content (AvgIpc) is 3.03. The number of piperidine rings is 1. The number of allylic oxidation sites excluding steroid dienone is 2. The molecule has 6 nitrogen and oxygen atoms in total. The molecule has 2 saturated heterocycles. The minimum Gasteiger partial charge on any atom is -0.372 e. The highest BCUT2D eigenvalue weighted by Gasteiger charge is 2.46. The van der Waals surface area contributed by atoms with Gasteiger partial charge in [-0.25, -0.2) is 0 Å². The summed E-state index contributed by atoms with van der Waals surface area (Å²) in [5.41, 5.74) is 2.28. The van der Waals surface area contributed by atoms with Crippen molar-refractivity contribution in [2.24, 2.45) is 17.8 Å². The maximum Gasteiger partial charge on any atom is 0.233 e. The molecule has 166 valence electrons. The number of hydrogen-bond donors (Lipinski definition) is 1. The maximum atomic E-state index is 12.5. The van der Waals surface area contributed by atoms with Gasteiger partial charge in [0.2, 0.25) is 17.7 Å². The Hall–Kier alpha value is -2.63. The Morgan fingerprint density at radius 1 is 1.03 bits per heavy atom. The molecule has 1 N–H and O–H groups in total. The van der Waals surface area contributed by atoms with Crippen LogP contribution in [0.1, 0.15) is 57.6 Å². The molecule has 0 spiro atoms. The van der Waals surface area contributed by atoms with Gasteiger partial charge in [-0.2, -0.15) is 0 Å². The fraction of sp³-hybridized carbons (Fsp3) is 0.560. The van der Waals surface area contributed by atoms with E-state index in [0.29, 0.717) is 12.8 Å². The number of carbonyl (C=O) groups excluding carboxylic acids is 3. The molecule has 3 atom stereocenters. The lowest BCUT2D eigenvalue weighted by atomic mass is 9.85. The molecule has 1 aromatic carbocycles. The number of rotatable bonds is 6. The van der Waals surface area contributed by atoms with Crippen molar-refractivity contribution in [3.8, 4) is 0 Å². The summed E-state index contributed by atoms with van der Waals surface area (Å²) in [5.74, 6) is -0.0548. The van der Waals surface area contributed by atoms with E-state index in [1.54, 1.807) is 0 Å². The number of fused-ring (bicyclic) bond motifs is 1. The first-order valence-electron chi connectivity index (χ1n) is 11.6. The molecule has 0 saturated carbocycles. The van der Waals surface area contributed by atoms with Gasteiger partial charge in [-0.15, -0.1) is 0 Å². The quantitative estimate of drug-likeness (QED) is 0.562. The Bertz CT molecular complexity index is 829. The first-order chi connectivity index (χ1) is 14.9. The third kappa shape index (κ3) is 4.68. The van der Waals surface area contributed by atoms with Crippen molar-refractivity contribution in [1.82, 2.24) is 10.2 Å². The summed E-state index contributed by atoms with van der Waals surface area (Å²) in [7, 11) is 0. The van der Waals surface area contributed by atoms with Crippen LogP contribution < -0.4 is 10.2 Å². The fourth-order valence-corrected chi connectivity index (χ4v) is 4.94. The lowest BCUT2D eigenvalue weighted by Gasteiger charge is -2.32. The summed E-state index contributed by atoms with van der Waals surface area (Å²) < 4.78 is 0. The van der Waals surface area contributed by atoms with Gasteiger partial charge in [-0.1, -0.05) is 31.2 Å². The molecule has 1 aromatic rings. The molecule has 3 aliphatic rings. The molecule has 31 heavy (non-hydrogen) atoms. The van der Waals surface area contributed by atoms with Crippen LogP contribution in [0.4, 0.5) is 5.69 Å². The number of amides is 3. The Morgan fingerprint density at radius 2 is 1.61 bits per heavy atom. The van der Waals surface area contributed by atoms with Crippen LogP contribution in [0.25, 0.3) is 0 Å². The van der Waals surface area contributed by atoms with Crippen molar-refractivity contribution in [3.63, 3.8) is 0 Å². The summed E-state index contributed by atoms with van der Waals surface area (Å²) in [6, 6.07) is 8.28. The van der Waals surface area contributed by atoms with Crippen LogP contribution in [0.5, 0.6) is 0 Å². The molecule has 0 bridgehead atoms. The van der Waals surface area contributed by atoms with Gasteiger partial charge in [0.05, 0.1) is 17.9 Å². The zero-order valence-corrected chi connectivity index (χ0v) is 18.5. The number of imide groups is 1. The molecule has 2 fully saturated rings. The van der Waals surface area contributed by atoms with Gasteiger partial charge in [0, 0.05) is 31.7 Å². The van der Waals surface area contributed by atoms with Crippen molar-refractivity contribution >= 4 is 23.4 Å². The highest BCUT2D eigenvalue weighted by molar-refractivity contribution is 6.05. The van der Waals surface area contributed by atoms with Crippen molar-refractivity contribution < 1.29 is 14.4 Å². The SMILES string of the molecule is CC1CCN(c2ccc(C(C)NC(=O)CCN3C(=O)[C@H]4CC=CC[C@H]4C3=O)cc2)CC1. The second-order valence-corrected chi connectivity index (χ2v) is 9.28. The Morgan fingerprint density at radius 3 is 2.19 bits per heavy atom. The summed E-state index contributed by atoms with van der Waals surface area (Å²) in [5, 5.41) is 3.00. The van der Waals surface area contributed by atoms with Gasteiger partial charge < -0.3 is 10.2 Å². The number of benzene rings is 1. The molecular formula is C25H33N3O3. The van der Waals surface area contributed by atoms with E-state index >= 15 is 0 Å². The van der Waals surface area contributed by atoms with Crippen LogP contribution in [0, 0.1) is 17.8 Å². The van der Waals surface area contributed by atoms with E-state index in [1.165, 1.54) is 23.4 Å². The fourth-order valence-electron chi connectivity index (χ4n) is 4.94. The molecule has 2 heterocycles. The van der Waals surface area contributed by atoms with Crippen LogP contribution in [0.15, 0.2) is 36.4 Å². The third-order valence-electron chi connectivity index (χ3n) is 7.08. The van der Waals surface area contributed by atoms with Crippen LogP contribution in [-0.2, 0) is 14.4 Å². The smallest absolute Gasteiger partial charge is 0.233 e. The molecule has 3 amide bonds. The van der Waals surface area contributed by atoms with E-state index in [9.17, 15) is 14.4 Å². The predicted octanol–water partition coefficient (Wildman–Crippen LogP) is 3.44. The molecule has 6 heteroatoms. The van der Waals surface area contributed by atoms with E-state index in [0.717, 1.165) is 24.6 Å². The lowest BCUT2D eigenvalue weighted by Crippen LogP contribution is -2.36. The highest BCUT2D eigenvalue weighted by atomic mass is 16.2. The number of nitrogens with zero attached hydrogens (tertiary/aromatic N) is 2. The van der Waals surface area contributed by atoms with E-state index in [4.69, 9.17) is 0 Å². The normalized spacial score (nSPS) is 25.0. The number of hydrogen-bond acceptors (Lipinski definition) is 4. The highest BCUT2D eigenvalue weighted by Crippen LogP contribution is 2.35. The Balaban J connectivity index is 1.27. The zero-order chi connectivity index (χ0) is 22.0. The van der Waals surface area contributed by atoms with Gasteiger partial charge in [0.1, 0.15) is 0 Å². The molecule has 2 aliphatic heterocycles. The van der Waals surface area contributed by atoms with Crippen LogP contribution in [-0.4, -0.2) is 42.3 Å². The molecule has 0 radical (unpaired) electrons.